The van der Waals surface area contributed by atoms with E-state index in [1.165, 1.54) is 16.3 Å². The molecule has 0 fully saturated rings. The second-order valence-corrected chi connectivity index (χ2v) is 7.34. The van der Waals surface area contributed by atoms with Gasteiger partial charge in [0.1, 0.15) is 0 Å². The van der Waals surface area contributed by atoms with Crippen molar-refractivity contribution in [2.75, 3.05) is 13.1 Å². The van der Waals surface area contributed by atoms with Crippen molar-refractivity contribution in [2.45, 2.75) is 37.5 Å². The summed E-state index contributed by atoms with van der Waals surface area (Å²) >= 11 is 0. The van der Waals surface area contributed by atoms with Crippen molar-refractivity contribution < 1.29 is 8.42 Å². The normalized spacial score (nSPS) is 15.6. The lowest BCUT2D eigenvalue weighted by molar-refractivity contribution is 0.462. The van der Waals surface area contributed by atoms with Crippen LogP contribution in [0.1, 0.15) is 31.2 Å². The van der Waals surface area contributed by atoms with Gasteiger partial charge in [0.2, 0.25) is 10.0 Å². The fraction of sp³-hybridized carbons (Fsp3) is 0.412. The Kier molecular flexibility index (Phi) is 5.22. The van der Waals surface area contributed by atoms with Gasteiger partial charge in [0.05, 0.1) is 11.4 Å². The van der Waals surface area contributed by atoms with Gasteiger partial charge in [0.25, 0.3) is 0 Å². The van der Waals surface area contributed by atoms with E-state index in [1.807, 2.05) is 6.92 Å². The Labute approximate surface area is 127 Å². The van der Waals surface area contributed by atoms with Crippen molar-refractivity contribution in [1.82, 2.24) is 4.31 Å². The van der Waals surface area contributed by atoms with Crippen LogP contribution in [0.2, 0.25) is 0 Å². The van der Waals surface area contributed by atoms with Crippen molar-refractivity contribution in [2.24, 2.45) is 0 Å². The molecule has 0 radical (unpaired) electrons. The minimum Gasteiger partial charge on any atom is -0.207 e. The Morgan fingerprint density at radius 3 is 2.52 bits per heavy atom. The lowest BCUT2D eigenvalue weighted by Crippen LogP contribution is -2.33. The molecule has 0 heterocycles. The predicted molar refractivity (Wildman–Crippen MR) is 85.3 cm³/mol. The summed E-state index contributed by atoms with van der Waals surface area (Å²) in [5, 5.41) is 0. The van der Waals surface area contributed by atoms with Crippen molar-refractivity contribution >= 4 is 10.0 Å². The van der Waals surface area contributed by atoms with Crippen molar-refractivity contribution in [3.8, 4) is 12.3 Å². The number of rotatable bonds is 5. The van der Waals surface area contributed by atoms with Crippen LogP contribution >= 0.6 is 0 Å². The Bertz CT molecular complexity index is 651. The number of hydrogen-bond donors (Lipinski definition) is 0. The first-order valence-corrected chi connectivity index (χ1v) is 8.66. The molecule has 0 bridgehead atoms. The average Bonchev–Trinajstić information content (AvgIpc) is 2.48. The van der Waals surface area contributed by atoms with Gasteiger partial charge in [-0.2, -0.15) is 4.31 Å². The number of terminal acetylenes is 1. The molecule has 0 aromatic heterocycles. The van der Waals surface area contributed by atoms with E-state index in [9.17, 15) is 8.42 Å². The number of aryl methyl sites for hydroxylation is 1. The molecule has 1 aliphatic carbocycles. The van der Waals surface area contributed by atoms with Crippen molar-refractivity contribution in [1.29, 1.82) is 0 Å². The number of nitrogens with zero attached hydrogens (tertiary/aromatic N) is 1. The topological polar surface area (TPSA) is 37.4 Å². The van der Waals surface area contributed by atoms with Crippen LogP contribution in [0.3, 0.4) is 0 Å². The fourth-order valence-electron chi connectivity index (χ4n) is 2.46. The maximum Gasteiger partial charge on any atom is 0.244 e. The maximum absolute atomic E-state index is 12.7. The lowest BCUT2D eigenvalue weighted by Gasteiger charge is -2.23. The molecule has 2 rings (SSSR count). The average molecular weight is 303 g/mol. The molecule has 3 nitrogen and oxygen atoms in total. The molecule has 1 aromatic carbocycles. The third-order valence-electron chi connectivity index (χ3n) is 3.69. The Morgan fingerprint density at radius 1 is 1.24 bits per heavy atom. The molecule has 0 N–H and O–H groups in total. The Hall–Kier alpha value is -1.57. The SMILES string of the molecule is C#CCN(CC1=CCCCC1)S(=O)(=O)c1ccc(C)cc1. The molecule has 4 heteroatoms. The van der Waals surface area contributed by atoms with Gasteiger partial charge in [-0.25, -0.2) is 8.42 Å². The van der Waals surface area contributed by atoms with Crippen LogP contribution in [0.4, 0.5) is 0 Å². The van der Waals surface area contributed by atoms with Crippen molar-refractivity contribution in [3.05, 3.63) is 41.5 Å². The lowest BCUT2D eigenvalue weighted by atomic mass is 10.00. The van der Waals surface area contributed by atoms with Gasteiger partial charge < -0.3 is 0 Å². The molecule has 21 heavy (non-hydrogen) atoms. The van der Waals surface area contributed by atoms with E-state index in [2.05, 4.69) is 12.0 Å². The van der Waals surface area contributed by atoms with Crippen molar-refractivity contribution in [3.63, 3.8) is 0 Å². The van der Waals surface area contributed by atoms with E-state index >= 15 is 0 Å². The Morgan fingerprint density at radius 2 is 1.95 bits per heavy atom. The molecular weight excluding hydrogens is 282 g/mol. The predicted octanol–water partition coefficient (Wildman–Crippen LogP) is 3.12. The van der Waals surface area contributed by atoms with Gasteiger partial charge >= 0.3 is 0 Å². The highest BCUT2D eigenvalue weighted by atomic mass is 32.2. The molecule has 0 unspecified atom stereocenters. The van der Waals surface area contributed by atoms with Crippen LogP contribution in [0.5, 0.6) is 0 Å². The van der Waals surface area contributed by atoms with Crippen LogP contribution in [0.15, 0.2) is 40.8 Å². The van der Waals surface area contributed by atoms with E-state index in [-0.39, 0.29) is 6.54 Å². The molecule has 0 saturated heterocycles. The summed E-state index contributed by atoms with van der Waals surface area (Å²) in [4.78, 5) is 0.305. The second-order valence-electron chi connectivity index (χ2n) is 5.40. The number of benzene rings is 1. The summed E-state index contributed by atoms with van der Waals surface area (Å²) < 4.78 is 26.8. The third-order valence-corrected chi connectivity index (χ3v) is 5.50. The molecule has 1 aliphatic rings. The minimum atomic E-state index is -3.53. The van der Waals surface area contributed by atoms with Crippen LogP contribution in [0.25, 0.3) is 0 Å². The number of allylic oxidation sites excluding steroid dienone is 1. The summed E-state index contributed by atoms with van der Waals surface area (Å²) in [5.74, 6) is 2.46. The van der Waals surface area contributed by atoms with E-state index < -0.39 is 10.0 Å². The molecule has 0 spiro atoms. The van der Waals surface area contributed by atoms with Crippen LogP contribution in [0, 0.1) is 19.3 Å². The zero-order valence-corrected chi connectivity index (χ0v) is 13.2. The summed E-state index contributed by atoms with van der Waals surface area (Å²) in [6.07, 6.45) is 11.8. The first-order chi connectivity index (χ1) is 10.0. The zero-order chi connectivity index (χ0) is 15.3. The van der Waals surface area contributed by atoms with Crippen LogP contribution in [-0.4, -0.2) is 25.8 Å². The van der Waals surface area contributed by atoms with Crippen LogP contribution < -0.4 is 0 Å². The van der Waals surface area contributed by atoms with E-state index in [1.54, 1.807) is 24.3 Å². The minimum absolute atomic E-state index is 0.105. The molecule has 112 valence electrons. The largest absolute Gasteiger partial charge is 0.244 e. The van der Waals surface area contributed by atoms with Crippen LogP contribution in [-0.2, 0) is 10.0 Å². The Balaban J connectivity index is 2.25. The van der Waals surface area contributed by atoms with Gasteiger partial charge in [0, 0.05) is 6.54 Å². The van der Waals surface area contributed by atoms with Gasteiger partial charge in [-0.1, -0.05) is 35.3 Å². The van der Waals surface area contributed by atoms with Gasteiger partial charge in [0.15, 0.2) is 0 Å². The van der Waals surface area contributed by atoms with E-state index in [4.69, 9.17) is 6.42 Å². The molecule has 1 aromatic rings. The fourth-order valence-corrected chi connectivity index (χ4v) is 3.82. The summed E-state index contributed by atoms with van der Waals surface area (Å²) in [7, 11) is -3.53. The monoisotopic (exact) mass is 303 g/mol. The number of hydrogen-bond acceptors (Lipinski definition) is 2. The summed E-state index contributed by atoms with van der Waals surface area (Å²) in [6, 6.07) is 6.90. The van der Waals surface area contributed by atoms with Gasteiger partial charge in [-0.15, -0.1) is 6.42 Å². The zero-order valence-electron chi connectivity index (χ0n) is 12.4. The van der Waals surface area contributed by atoms with E-state index in [0.29, 0.717) is 11.4 Å². The first kappa shape index (κ1) is 15.8. The number of sulfonamides is 1. The standard InChI is InChI=1S/C17H21NO2S/c1-3-13-18(14-16-7-5-4-6-8-16)21(19,20)17-11-9-15(2)10-12-17/h1,7,9-12H,4-6,8,13-14H2,2H3. The van der Waals surface area contributed by atoms with Gasteiger partial charge in [-0.3, -0.25) is 0 Å². The molecular formula is C17H21NO2S. The summed E-state index contributed by atoms with van der Waals surface area (Å²) in [6.45, 7) is 2.44. The highest BCUT2D eigenvalue weighted by Crippen LogP contribution is 2.22. The highest BCUT2D eigenvalue weighted by Gasteiger charge is 2.24. The maximum atomic E-state index is 12.7. The van der Waals surface area contributed by atoms with E-state index in [0.717, 1.165) is 24.8 Å². The second kappa shape index (κ2) is 6.93. The van der Waals surface area contributed by atoms with Gasteiger partial charge in [-0.05, 0) is 44.7 Å². The molecule has 0 aliphatic heterocycles. The first-order valence-electron chi connectivity index (χ1n) is 7.22. The smallest absolute Gasteiger partial charge is 0.207 e. The molecule has 0 amide bonds. The highest BCUT2D eigenvalue weighted by molar-refractivity contribution is 7.89. The molecule has 0 saturated carbocycles. The quantitative estimate of drug-likeness (QED) is 0.619. The molecule has 0 atom stereocenters. The summed E-state index contributed by atoms with van der Waals surface area (Å²) in [5.41, 5.74) is 2.21. The third kappa shape index (κ3) is 3.96.